The fraction of sp³-hybridized carbons (Fsp3) is 0.444. The summed E-state index contributed by atoms with van der Waals surface area (Å²) in [6.07, 6.45) is 1.05. The van der Waals surface area contributed by atoms with Gasteiger partial charge in [-0.05, 0) is 11.4 Å². The van der Waals surface area contributed by atoms with Crippen LogP contribution in [-0.2, 0) is 19.6 Å². The molecule has 0 fully saturated rings. The quantitative estimate of drug-likeness (QED) is 0.801. The van der Waals surface area contributed by atoms with Crippen LogP contribution in [-0.4, -0.2) is 27.8 Å². The number of ether oxygens (including phenoxy) is 1. The summed E-state index contributed by atoms with van der Waals surface area (Å²) in [5.41, 5.74) is 0. The molecule has 0 aliphatic carbocycles. The average Bonchev–Trinajstić information content (AvgIpc) is 2.67. The van der Waals surface area contributed by atoms with E-state index in [0.717, 1.165) is 11.1 Å². The molecule has 5 nitrogen and oxygen atoms in total. The second-order valence-corrected chi connectivity index (χ2v) is 6.00. The molecular weight excluding hydrogens is 250 g/mol. The number of sulfonamides is 1. The lowest BCUT2D eigenvalue weighted by molar-refractivity contribution is -0.141. The summed E-state index contributed by atoms with van der Waals surface area (Å²) in [5.74, 6) is -0.449. The predicted molar refractivity (Wildman–Crippen MR) is 61.7 cm³/mol. The zero-order valence-corrected chi connectivity index (χ0v) is 10.6. The summed E-state index contributed by atoms with van der Waals surface area (Å²) in [7, 11) is -2.08. The standard InChI is InChI=1S/C9H13NO4S2/c1-14-9(11)6-7(10-16(2,12)13)8-4-3-5-15-8/h3-5,7,10H,6H2,1-2H3/t7-/m0/s1. The maximum atomic E-state index is 11.2. The largest absolute Gasteiger partial charge is 0.469 e. The van der Waals surface area contributed by atoms with Gasteiger partial charge in [0.15, 0.2) is 0 Å². The van der Waals surface area contributed by atoms with Crippen LogP contribution < -0.4 is 4.72 Å². The third-order valence-corrected chi connectivity index (χ3v) is 3.54. The molecule has 1 atom stereocenters. The summed E-state index contributed by atoms with van der Waals surface area (Å²) >= 11 is 1.39. The first kappa shape index (κ1) is 13.1. The Hall–Kier alpha value is -0.920. The molecule has 0 saturated carbocycles. The lowest BCUT2D eigenvalue weighted by Crippen LogP contribution is -2.28. The molecule has 1 N–H and O–H groups in total. The van der Waals surface area contributed by atoms with Crippen LogP contribution in [0.1, 0.15) is 17.3 Å². The summed E-state index contributed by atoms with van der Waals surface area (Å²) in [6.45, 7) is 0. The number of nitrogens with one attached hydrogen (secondary N) is 1. The number of hydrogen-bond acceptors (Lipinski definition) is 5. The van der Waals surface area contributed by atoms with E-state index in [1.165, 1.54) is 18.4 Å². The van der Waals surface area contributed by atoms with Crippen molar-refractivity contribution in [3.63, 3.8) is 0 Å². The lowest BCUT2D eigenvalue weighted by atomic mass is 10.2. The van der Waals surface area contributed by atoms with Crippen molar-refractivity contribution < 1.29 is 17.9 Å². The Labute approximate surface area is 98.5 Å². The molecule has 0 saturated heterocycles. The van der Waals surface area contributed by atoms with Crippen molar-refractivity contribution in [1.82, 2.24) is 4.72 Å². The van der Waals surface area contributed by atoms with Crippen LogP contribution >= 0.6 is 11.3 Å². The van der Waals surface area contributed by atoms with Crippen LogP contribution in [0.15, 0.2) is 17.5 Å². The van der Waals surface area contributed by atoms with Gasteiger partial charge in [-0.2, -0.15) is 0 Å². The minimum Gasteiger partial charge on any atom is -0.469 e. The normalized spacial score (nSPS) is 13.4. The van der Waals surface area contributed by atoms with E-state index in [9.17, 15) is 13.2 Å². The topological polar surface area (TPSA) is 72.5 Å². The zero-order chi connectivity index (χ0) is 12.2. The molecule has 1 heterocycles. The zero-order valence-electron chi connectivity index (χ0n) is 8.97. The van der Waals surface area contributed by atoms with Crippen LogP contribution in [0.4, 0.5) is 0 Å². The van der Waals surface area contributed by atoms with Gasteiger partial charge in [-0.15, -0.1) is 11.3 Å². The molecule has 1 rings (SSSR count). The number of hydrogen-bond donors (Lipinski definition) is 1. The van der Waals surface area contributed by atoms with Gasteiger partial charge in [-0.25, -0.2) is 13.1 Å². The second kappa shape index (κ2) is 5.42. The summed E-state index contributed by atoms with van der Waals surface area (Å²) in [4.78, 5) is 11.9. The van der Waals surface area contributed by atoms with Crippen LogP contribution in [0.5, 0.6) is 0 Å². The first-order valence-corrected chi connectivity index (χ1v) is 7.27. The van der Waals surface area contributed by atoms with Gasteiger partial charge in [0.2, 0.25) is 10.0 Å². The predicted octanol–water partition coefficient (Wildman–Crippen LogP) is 0.901. The van der Waals surface area contributed by atoms with E-state index >= 15 is 0 Å². The molecule has 0 aliphatic heterocycles. The summed E-state index contributed by atoms with van der Waals surface area (Å²) < 4.78 is 29.2. The highest BCUT2D eigenvalue weighted by molar-refractivity contribution is 7.88. The fourth-order valence-electron chi connectivity index (χ4n) is 1.20. The first-order valence-electron chi connectivity index (χ1n) is 4.50. The van der Waals surface area contributed by atoms with Gasteiger partial charge in [0.05, 0.1) is 25.8 Å². The molecule has 16 heavy (non-hydrogen) atoms. The number of thiophene rings is 1. The molecule has 0 unspecified atom stereocenters. The molecule has 0 spiro atoms. The van der Waals surface area contributed by atoms with Crippen molar-refractivity contribution in [2.75, 3.05) is 13.4 Å². The van der Waals surface area contributed by atoms with Crippen LogP contribution in [0.2, 0.25) is 0 Å². The highest BCUT2D eigenvalue weighted by Crippen LogP contribution is 2.22. The molecule has 1 aromatic rings. The molecule has 90 valence electrons. The molecule has 0 bridgehead atoms. The monoisotopic (exact) mass is 263 g/mol. The smallest absolute Gasteiger partial charge is 0.307 e. The van der Waals surface area contributed by atoms with Gasteiger partial charge in [0.25, 0.3) is 0 Å². The summed E-state index contributed by atoms with van der Waals surface area (Å²) in [6, 6.07) is 3.02. The highest BCUT2D eigenvalue weighted by atomic mass is 32.2. The van der Waals surface area contributed by atoms with Crippen molar-refractivity contribution in [3.05, 3.63) is 22.4 Å². The van der Waals surface area contributed by atoms with Crippen molar-refractivity contribution in [1.29, 1.82) is 0 Å². The second-order valence-electron chi connectivity index (χ2n) is 3.24. The van der Waals surface area contributed by atoms with Crippen molar-refractivity contribution >= 4 is 27.3 Å². The minimum atomic E-state index is -3.35. The average molecular weight is 263 g/mol. The Morgan fingerprint density at radius 2 is 2.31 bits per heavy atom. The Morgan fingerprint density at radius 1 is 1.62 bits per heavy atom. The molecule has 0 radical (unpaired) electrons. The number of carbonyl (C=O) groups is 1. The number of rotatable bonds is 5. The van der Waals surface area contributed by atoms with Crippen molar-refractivity contribution in [2.24, 2.45) is 0 Å². The molecule has 0 aromatic carbocycles. The van der Waals surface area contributed by atoms with Gasteiger partial charge in [-0.1, -0.05) is 6.07 Å². The van der Waals surface area contributed by atoms with Gasteiger partial charge >= 0.3 is 5.97 Å². The third-order valence-electron chi connectivity index (χ3n) is 1.84. The fourth-order valence-corrected chi connectivity index (χ4v) is 2.78. The number of methoxy groups -OCH3 is 1. The summed E-state index contributed by atoms with van der Waals surface area (Å²) in [5, 5.41) is 1.82. The maximum absolute atomic E-state index is 11.2. The molecule has 1 aromatic heterocycles. The van der Waals surface area contributed by atoms with Gasteiger partial charge in [0, 0.05) is 4.88 Å². The van der Waals surface area contributed by atoms with Crippen molar-refractivity contribution in [3.8, 4) is 0 Å². The molecule has 0 aliphatic rings. The van der Waals surface area contributed by atoms with E-state index < -0.39 is 22.0 Å². The lowest BCUT2D eigenvalue weighted by Gasteiger charge is -2.14. The maximum Gasteiger partial charge on any atom is 0.307 e. The highest BCUT2D eigenvalue weighted by Gasteiger charge is 2.20. The van der Waals surface area contributed by atoms with Gasteiger partial charge in [-0.3, -0.25) is 4.79 Å². The van der Waals surface area contributed by atoms with E-state index in [4.69, 9.17) is 0 Å². The van der Waals surface area contributed by atoms with Crippen molar-refractivity contribution in [2.45, 2.75) is 12.5 Å². The number of carbonyl (C=O) groups excluding carboxylic acids is 1. The van der Waals surface area contributed by atoms with E-state index in [2.05, 4.69) is 9.46 Å². The third kappa shape index (κ3) is 4.30. The Bertz CT molecular complexity index is 438. The molecular formula is C9H13NO4S2. The van der Waals surface area contributed by atoms with Gasteiger partial charge < -0.3 is 4.74 Å². The van der Waals surface area contributed by atoms with E-state index in [-0.39, 0.29) is 6.42 Å². The first-order chi connectivity index (χ1) is 7.42. The minimum absolute atomic E-state index is 0.00984. The van der Waals surface area contributed by atoms with Gasteiger partial charge in [0.1, 0.15) is 0 Å². The van der Waals surface area contributed by atoms with Crippen LogP contribution in [0, 0.1) is 0 Å². The number of esters is 1. The Morgan fingerprint density at radius 3 is 2.75 bits per heavy atom. The molecule has 7 heteroatoms. The van der Waals surface area contributed by atoms with Crippen LogP contribution in [0.25, 0.3) is 0 Å². The Balaban J connectivity index is 2.82. The van der Waals surface area contributed by atoms with E-state index in [1.54, 1.807) is 12.1 Å². The molecule has 0 amide bonds. The van der Waals surface area contributed by atoms with E-state index in [1.807, 2.05) is 5.38 Å². The Kier molecular flexibility index (Phi) is 4.45. The SMILES string of the molecule is COC(=O)C[C@H](NS(C)(=O)=O)c1cccs1. The van der Waals surface area contributed by atoms with Crippen LogP contribution in [0.3, 0.4) is 0 Å². The van der Waals surface area contributed by atoms with E-state index in [0.29, 0.717) is 0 Å².